The fourth-order valence-corrected chi connectivity index (χ4v) is 3.03. The Hall–Kier alpha value is -3.02. The Morgan fingerprint density at radius 2 is 1.15 bits per heavy atom. The zero-order chi connectivity index (χ0) is 20.0. The molecule has 0 spiro atoms. The summed E-state index contributed by atoms with van der Waals surface area (Å²) in [5.41, 5.74) is 2.66. The summed E-state index contributed by atoms with van der Waals surface area (Å²) in [4.78, 5) is 0. The molecule has 0 unspecified atom stereocenters. The third-order valence-corrected chi connectivity index (χ3v) is 4.26. The Balaban J connectivity index is 2.72. The van der Waals surface area contributed by atoms with Gasteiger partial charge in [0.25, 0.3) is 0 Å². The van der Waals surface area contributed by atoms with Crippen molar-refractivity contribution in [2.24, 2.45) is 0 Å². The summed E-state index contributed by atoms with van der Waals surface area (Å²) < 4.78 is 32.9. The standard InChI is InChI=1S/C21H26O6/c1-8-14(13-11-17(23-3)20(26-6)18(12-13)24-4)15-9-10-16(22-2)21(27-7)19(15)25-5/h8-12H,1-7H3. The van der Waals surface area contributed by atoms with Crippen molar-refractivity contribution in [1.29, 1.82) is 0 Å². The van der Waals surface area contributed by atoms with Crippen LogP contribution in [0.1, 0.15) is 18.1 Å². The monoisotopic (exact) mass is 374 g/mol. The molecule has 6 heteroatoms. The molecule has 27 heavy (non-hydrogen) atoms. The Kier molecular flexibility index (Phi) is 6.82. The molecule has 0 saturated carbocycles. The number of ether oxygens (including phenoxy) is 6. The van der Waals surface area contributed by atoms with Crippen molar-refractivity contribution in [2.45, 2.75) is 6.92 Å². The predicted octanol–water partition coefficient (Wildman–Crippen LogP) is 4.19. The third-order valence-electron chi connectivity index (χ3n) is 4.26. The summed E-state index contributed by atoms with van der Waals surface area (Å²) in [5, 5.41) is 0. The van der Waals surface area contributed by atoms with Crippen molar-refractivity contribution >= 4 is 5.57 Å². The molecule has 0 N–H and O–H groups in total. The second kappa shape index (κ2) is 9.07. The summed E-state index contributed by atoms with van der Waals surface area (Å²) in [6.45, 7) is 1.95. The van der Waals surface area contributed by atoms with Gasteiger partial charge in [-0.3, -0.25) is 0 Å². The molecule has 0 atom stereocenters. The van der Waals surface area contributed by atoms with Gasteiger partial charge in [-0.15, -0.1) is 0 Å². The lowest BCUT2D eigenvalue weighted by Gasteiger charge is -2.19. The van der Waals surface area contributed by atoms with Gasteiger partial charge in [-0.1, -0.05) is 6.08 Å². The maximum absolute atomic E-state index is 5.64. The summed E-state index contributed by atoms with van der Waals surface area (Å²) in [7, 11) is 9.53. The second-order valence-corrected chi connectivity index (χ2v) is 5.50. The van der Waals surface area contributed by atoms with Crippen molar-refractivity contribution < 1.29 is 28.4 Å². The largest absolute Gasteiger partial charge is 0.493 e. The predicted molar refractivity (Wildman–Crippen MR) is 105 cm³/mol. The lowest BCUT2D eigenvalue weighted by atomic mass is 9.95. The molecule has 0 amide bonds. The van der Waals surface area contributed by atoms with Crippen molar-refractivity contribution in [1.82, 2.24) is 0 Å². The summed E-state index contributed by atoms with van der Waals surface area (Å²) in [6, 6.07) is 7.57. The molecule has 0 aliphatic heterocycles. The molecule has 2 aromatic carbocycles. The number of hydrogen-bond acceptors (Lipinski definition) is 6. The number of allylic oxidation sites excluding steroid dienone is 1. The lowest BCUT2D eigenvalue weighted by molar-refractivity contribution is 0.323. The van der Waals surface area contributed by atoms with Crippen molar-refractivity contribution in [3.8, 4) is 34.5 Å². The molecule has 0 aromatic heterocycles. The first kappa shape index (κ1) is 20.3. The highest BCUT2D eigenvalue weighted by Crippen LogP contribution is 2.46. The second-order valence-electron chi connectivity index (χ2n) is 5.50. The van der Waals surface area contributed by atoms with Gasteiger partial charge >= 0.3 is 0 Å². The fourth-order valence-electron chi connectivity index (χ4n) is 3.03. The van der Waals surface area contributed by atoms with Crippen LogP contribution in [0, 0.1) is 0 Å². The Labute approximate surface area is 160 Å². The van der Waals surface area contributed by atoms with E-state index < -0.39 is 0 Å². The molecular weight excluding hydrogens is 348 g/mol. The maximum atomic E-state index is 5.64. The van der Waals surface area contributed by atoms with Crippen LogP contribution >= 0.6 is 0 Å². The SMILES string of the molecule is CC=C(c1cc(OC)c(OC)c(OC)c1)c1ccc(OC)c(OC)c1OC. The normalized spacial score (nSPS) is 11.0. The van der Waals surface area contributed by atoms with E-state index in [0.717, 1.165) is 16.7 Å². The van der Waals surface area contributed by atoms with E-state index in [0.29, 0.717) is 34.5 Å². The van der Waals surface area contributed by atoms with Crippen LogP contribution in [0.3, 0.4) is 0 Å². The van der Waals surface area contributed by atoms with E-state index in [4.69, 9.17) is 28.4 Å². The average molecular weight is 374 g/mol. The van der Waals surface area contributed by atoms with E-state index >= 15 is 0 Å². The minimum atomic E-state index is 0.532. The van der Waals surface area contributed by atoms with Crippen molar-refractivity contribution in [3.05, 3.63) is 41.5 Å². The first-order chi connectivity index (χ1) is 13.1. The molecular formula is C21H26O6. The van der Waals surface area contributed by atoms with Gasteiger partial charge in [0.1, 0.15) is 0 Å². The van der Waals surface area contributed by atoms with E-state index in [1.54, 1.807) is 42.7 Å². The van der Waals surface area contributed by atoms with Gasteiger partial charge in [0.2, 0.25) is 11.5 Å². The number of hydrogen-bond donors (Lipinski definition) is 0. The van der Waals surface area contributed by atoms with Crippen LogP contribution in [0.2, 0.25) is 0 Å². The smallest absolute Gasteiger partial charge is 0.203 e. The highest BCUT2D eigenvalue weighted by Gasteiger charge is 2.21. The van der Waals surface area contributed by atoms with Crippen LogP contribution < -0.4 is 28.4 Å². The van der Waals surface area contributed by atoms with Crippen LogP contribution in [-0.4, -0.2) is 42.7 Å². The molecule has 0 fully saturated rings. The van der Waals surface area contributed by atoms with E-state index in [2.05, 4.69) is 0 Å². The molecule has 0 aliphatic carbocycles. The van der Waals surface area contributed by atoms with E-state index in [-0.39, 0.29) is 0 Å². The zero-order valence-corrected chi connectivity index (χ0v) is 16.8. The van der Waals surface area contributed by atoms with Crippen LogP contribution in [0.15, 0.2) is 30.3 Å². The van der Waals surface area contributed by atoms with Crippen LogP contribution in [0.4, 0.5) is 0 Å². The minimum absolute atomic E-state index is 0.532. The van der Waals surface area contributed by atoms with Crippen LogP contribution in [0.25, 0.3) is 5.57 Å². The minimum Gasteiger partial charge on any atom is -0.493 e. The van der Waals surface area contributed by atoms with E-state index in [9.17, 15) is 0 Å². The topological polar surface area (TPSA) is 55.4 Å². The van der Waals surface area contributed by atoms with Gasteiger partial charge < -0.3 is 28.4 Å². The Morgan fingerprint density at radius 1 is 0.630 bits per heavy atom. The molecule has 0 saturated heterocycles. The quantitative estimate of drug-likeness (QED) is 0.691. The molecule has 0 heterocycles. The fraction of sp³-hybridized carbons (Fsp3) is 0.333. The maximum Gasteiger partial charge on any atom is 0.203 e. The van der Waals surface area contributed by atoms with Gasteiger partial charge in [-0.25, -0.2) is 0 Å². The lowest BCUT2D eigenvalue weighted by Crippen LogP contribution is -2.01. The number of methoxy groups -OCH3 is 6. The first-order valence-corrected chi connectivity index (χ1v) is 8.36. The van der Waals surface area contributed by atoms with Crippen LogP contribution in [-0.2, 0) is 0 Å². The Bertz CT molecular complexity index is 801. The summed E-state index contributed by atoms with van der Waals surface area (Å²) >= 11 is 0. The summed E-state index contributed by atoms with van der Waals surface area (Å²) in [6.07, 6.45) is 1.99. The highest BCUT2D eigenvalue weighted by molar-refractivity contribution is 5.86. The molecule has 0 radical (unpaired) electrons. The molecule has 146 valence electrons. The van der Waals surface area contributed by atoms with Gasteiger partial charge in [0.15, 0.2) is 23.0 Å². The van der Waals surface area contributed by atoms with Gasteiger partial charge in [0, 0.05) is 5.56 Å². The van der Waals surface area contributed by atoms with E-state index in [1.807, 2.05) is 37.3 Å². The number of rotatable bonds is 8. The molecule has 0 aliphatic rings. The van der Waals surface area contributed by atoms with Gasteiger partial charge in [0.05, 0.1) is 42.7 Å². The first-order valence-electron chi connectivity index (χ1n) is 8.36. The highest BCUT2D eigenvalue weighted by atomic mass is 16.5. The van der Waals surface area contributed by atoms with Gasteiger partial charge in [-0.2, -0.15) is 0 Å². The van der Waals surface area contributed by atoms with Crippen molar-refractivity contribution in [3.63, 3.8) is 0 Å². The molecule has 2 aromatic rings. The van der Waals surface area contributed by atoms with E-state index in [1.165, 1.54) is 0 Å². The average Bonchev–Trinajstić information content (AvgIpc) is 2.72. The van der Waals surface area contributed by atoms with Gasteiger partial charge in [-0.05, 0) is 42.3 Å². The van der Waals surface area contributed by atoms with Crippen LogP contribution in [0.5, 0.6) is 34.5 Å². The molecule has 2 rings (SSSR count). The van der Waals surface area contributed by atoms with Crippen molar-refractivity contribution in [2.75, 3.05) is 42.7 Å². The number of benzene rings is 2. The summed E-state index contributed by atoms with van der Waals surface area (Å²) in [5.74, 6) is 3.40. The molecule has 0 bridgehead atoms. The Morgan fingerprint density at radius 3 is 1.56 bits per heavy atom. The zero-order valence-electron chi connectivity index (χ0n) is 16.8. The molecule has 6 nitrogen and oxygen atoms in total. The third kappa shape index (κ3) is 3.74.